The average molecular weight is 414 g/mol. The van der Waals surface area contributed by atoms with Crippen LogP contribution in [0.15, 0.2) is 53.5 Å². The van der Waals surface area contributed by atoms with E-state index in [2.05, 4.69) is 25.2 Å². The van der Waals surface area contributed by atoms with E-state index < -0.39 is 12.1 Å². The molecule has 148 valence electrons. The normalized spacial score (nSPS) is 10.8. The maximum atomic E-state index is 12.0. The highest BCUT2D eigenvalue weighted by molar-refractivity contribution is 6.30. The molecule has 5 N–H and O–H groups in total. The van der Waals surface area contributed by atoms with Crippen LogP contribution in [0.5, 0.6) is 0 Å². The Morgan fingerprint density at radius 3 is 2.79 bits per heavy atom. The molecule has 10 heteroatoms. The third kappa shape index (κ3) is 5.11. The zero-order valence-electron chi connectivity index (χ0n) is 14.9. The summed E-state index contributed by atoms with van der Waals surface area (Å²) in [6.45, 7) is -0.134. The van der Waals surface area contributed by atoms with Crippen LogP contribution in [-0.4, -0.2) is 33.6 Å². The van der Waals surface area contributed by atoms with Crippen molar-refractivity contribution in [2.75, 3.05) is 5.32 Å². The zero-order chi connectivity index (χ0) is 20.8. The topological polar surface area (TPSA) is 143 Å². The van der Waals surface area contributed by atoms with Gasteiger partial charge in [0.15, 0.2) is 11.6 Å². The summed E-state index contributed by atoms with van der Waals surface area (Å²) in [5, 5.41) is 18.9. The van der Waals surface area contributed by atoms with Gasteiger partial charge in [0.05, 0.1) is 0 Å². The van der Waals surface area contributed by atoms with Gasteiger partial charge in [-0.25, -0.2) is 9.79 Å². The fraction of sp³-hybridized carbons (Fsp3) is 0.0526. The second kappa shape index (κ2) is 8.89. The van der Waals surface area contributed by atoms with E-state index in [0.29, 0.717) is 21.8 Å². The lowest BCUT2D eigenvalue weighted by Gasteiger charge is -2.05. The summed E-state index contributed by atoms with van der Waals surface area (Å²) in [5.74, 6) is -0.372. The van der Waals surface area contributed by atoms with E-state index in [9.17, 15) is 9.59 Å². The number of carbonyl (C=O) groups is 2. The number of aromatic amines is 1. The van der Waals surface area contributed by atoms with Gasteiger partial charge in [0.1, 0.15) is 12.2 Å². The van der Waals surface area contributed by atoms with Crippen molar-refractivity contribution in [3.63, 3.8) is 0 Å². The highest BCUT2D eigenvalue weighted by Gasteiger charge is 2.18. The largest absolute Gasteiger partial charge is 0.506 e. The minimum atomic E-state index is -1.38. The van der Waals surface area contributed by atoms with Crippen molar-refractivity contribution in [1.29, 1.82) is 0 Å². The molecule has 3 aromatic rings. The highest BCUT2D eigenvalue weighted by atomic mass is 35.5. The quantitative estimate of drug-likeness (QED) is 0.342. The molecule has 0 saturated heterocycles. The third-order valence-corrected chi connectivity index (χ3v) is 4.06. The Hall–Kier alpha value is -3.85. The molecule has 0 spiro atoms. The van der Waals surface area contributed by atoms with Gasteiger partial charge in [-0.05, 0) is 29.3 Å². The average Bonchev–Trinajstić information content (AvgIpc) is 3.08. The van der Waals surface area contributed by atoms with Crippen molar-refractivity contribution in [2.24, 2.45) is 10.7 Å². The molecule has 0 unspecified atom stereocenters. The Morgan fingerprint density at radius 2 is 2.07 bits per heavy atom. The number of nitrogens with one attached hydrogen (secondary N) is 2. The van der Waals surface area contributed by atoms with Gasteiger partial charge >= 0.3 is 6.16 Å². The van der Waals surface area contributed by atoms with Gasteiger partial charge in [0, 0.05) is 16.9 Å². The van der Waals surface area contributed by atoms with Gasteiger partial charge in [0.25, 0.3) is 5.91 Å². The summed E-state index contributed by atoms with van der Waals surface area (Å²) in [6, 6.07) is 13.8. The number of H-pyrrole nitrogens is 1. The van der Waals surface area contributed by atoms with Gasteiger partial charge in [-0.2, -0.15) is 5.10 Å². The number of aromatic nitrogens is 2. The molecule has 0 saturated carbocycles. The summed E-state index contributed by atoms with van der Waals surface area (Å²) in [7, 11) is 0. The number of nitrogens with zero attached hydrogens (tertiary/aromatic N) is 2. The van der Waals surface area contributed by atoms with E-state index in [4.69, 9.17) is 22.4 Å². The first-order valence-electron chi connectivity index (χ1n) is 8.32. The van der Waals surface area contributed by atoms with Crippen LogP contribution in [0.3, 0.4) is 0 Å². The van der Waals surface area contributed by atoms with Gasteiger partial charge in [-0.3, -0.25) is 9.89 Å². The summed E-state index contributed by atoms with van der Waals surface area (Å²) in [5.41, 5.74) is 7.41. The Kier molecular flexibility index (Phi) is 6.10. The van der Waals surface area contributed by atoms with Crippen molar-refractivity contribution in [1.82, 2.24) is 10.2 Å². The molecule has 0 atom stereocenters. The van der Waals surface area contributed by atoms with Gasteiger partial charge in [-0.15, -0.1) is 0 Å². The first kappa shape index (κ1) is 19.9. The number of ether oxygens (including phenoxy) is 1. The van der Waals surface area contributed by atoms with Crippen LogP contribution in [0, 0.1) is 0 Å². The summed E-state index contributed by atoms with van der Waals surface area (Å²) < 4.78 is 4.60. The van der Waals surface area contributed by atoms with Gasteiger partial charge < -0.3 is 20.9 Å². The Balaban J connectivity index is 1.87. The number of aliphatic imine (C=N–C) groups is 1. The number of anilines is 2. The molecule has 9 nitrogen and oxygen atoms in total. The summed E-state index contributed by atoms with van der Waals surface area (Å²) >= 11 is 5.97. The molecule has 2 aromatic carbocycles. The number of amides is 1. The van der Waals surface area contributed by atoms with Crippen molar-refractivity contribution >= 4 is 47.2 Å². The number of carbonyl (C=O) groups excluding carboxylic acids is 1. The van der Waals surface area contributed by atoms with Crippen LogP contribution in [0.25, 0.3) is 0 Å². The molecule has 29 heavy (non-hydrogen) atoms. The Labute approximate surface area is 170 Å². The first-order valence-corrected chi connectivity index (χ1v) is 8.70. The second-order valence-electron chi connectivity index (χ2n) is 5.81. The molecule has 0 radical (unpaired) electrons. The summed E-state index contributed by atoms with van der Waals surface area (Å²) in [6.07, 6.45) is 0.0852. The van der Waals surface area contributed by atoms with E-state index in [1.165, 1.54) is 6.21 Å². The molecule has 1 aromatic heterocycles. The molecular formula is C19H16ClN5O4. The van der Waals surface area contributed by atoms with Crippen LogP contribution >= 0.6 is 11.6 Å². The maximum Gasteiger partial charge on any atom is 0.506 e. The van der Waals surface area contributed by atoms with Crippen LogP contribution < -0.4 is 11.1 Å². The molecule has 3 rings (SSSR count). The van der Waals surface area contributed by atoms with Crippen LogP contribution in [-0.2, 0) is 11.3 Å². The monoisotopic (exact) mass is 413 g/mol. The molecule has 0 aliphatic heterocycles. The maximum absolute atomic E-state index is 12.0. The number of rotatable bonds is 7. The fourth-order valence-corrected chi connectivity index (χ4v) is 2.71. The lowest BCUT2D eigenvalue weighted by atomic mass is 10.1. The van der Waals surface area contributed by atoms with Crippen LogP contribution in [0.2, 0.25) is 5.02 Å². The predicted molar refractivity (Wildman–Crippen MR) is 108 cm³/mol. The first-order chi connectivity index (χ1) is 13.9. The Bertz CT molecular complexity index is 1080. The van der Waals surface area contributed by atoms with Crippen molar-refractivity contribution in [3.05, 3.63) is 70.2 Å². The fourth-order valence-electron chi connectivity index (χ4n) is 2.52. The number of benzene rings is 2. The van der Waals surface area contributed by atoms with Crippen molar-refractivity contribution in [2.45, 2.75) is 6.61 Å². The molecule has 1 heterocycles. The number of halogens is 1. The smallest absolute Gasteiger partial charge is 0.450 e. The number of primary amides is 1. The van der Waals surface area contributed by atoms with Gasteiger partial charge in [0.2, 0.25) is 0 Å². The standard InChI is InChI=1S/C19H16ClN5O4/c20-13-6-3-7-14(8-13)23-18-15(16(21)26)17(24-25-18)22-9-11-4-1-2-5-12(11)10-29-19(27)28/h1-9H,10H2,(H2,21,26)(H,27,28)(H2,23,24,25)/b22-9+. The minimum Gasteiger partial charge on any atom is -0.450 e. The molecule has 0 fully saturated rings. The van der Waals surface area contributed by atoms with E-state index in [-0.39, 0.29) is 23.8 Å². The second-order valence-corrected chi connectivity index (χ2v) is 6.24. The van der Waals surface area contributed by atoms with E-state index in [0.717, 1.165) is 0 Å². The SMILES string of the molecule is NC(=O)c1c(Nc2cccc(Cl)c2)n[nH]c1/N=C/c1ccccc1COC(=O)O. The third-order valence-electron chi connectivity index (χ3n) is 3.82. The van der Waals surface area contributed by atoms with E-state index in [1.807, 2.05) is 0 Å². The summed E-state index contributed by atoms with van der Waals surface area (Å²) in [4.78, 5) is 26.8. The van der Waals surface area contributed by atoms with E-state index in [1.54, 1.807) is 48.5 Å². The number of carboxylic acid groups (broad SMARTS) is 1. The predicted octanol–water partition coefficient (Wildman–Crippen LogP) is 3.85. The molecule has 1 amide bonds. The molecular weight excluding hydrogens is 398 g/mol. The molecule has 0 aliphatic carbocycles. The highest BCUT2D eigenvalue weighted by Crippen LogP contribution is 2.27. The Morgan fingerprint density at radius 1 is 1.28 bits per heavy atom. The number of nitrogens with two attached hydrogens (primary N) is 1. The van der Waals surface area contributed by atoms with Crippen molar-refractivity contribution in [3.8, 4) is 0 Å². The molecule has 0 bridgehead atoms. The number of hydrogen-bond donors (Lipinski definition) is 4. The van der Waals surface area contributed by atoms with E-state index >= 15 is 0 Å². The van der Waals surface area contributed by atoms with Gasteiger partial charge in [-0.1, -0.05) is 41.9 Å². The van der Waals surface area contributed by atoms with Crippen molar-refractivity contribution < 1.29 is 19.4 Å². The number of hydrogen-bond acceptors (Lipinski definition) is 6. The van der Waals surface area contributed by atoms with Crippen LogP contribution in [0.4, 0.5) is 22.1 Å². The minimum absolute atomic E-state index is 0.0699. The molecule has 0 aliphatic rings. The lowest BCUT2D eigenvalue weighted by Crippen LogP contribution is -2.12. The van der Waals surface area contributed by atoms with Crippen LogP contribution in [0.1, 0.15) is 21.5 Å². The zero-order valence-corrected chi connectivity index (χ0v) is 15.7. The lowest BCUT2D eigenvalue weighted by molar-refractivity contribution is 0.0853.